The minimum Gasteiger partial charge on any atom is -0.395 e. The lowest BCUT2D eigenvalue weighted by Crippen LogP contribution is -1.83. The monoisotopic (exact) mass is 246 g/mol. The van der Waals surface area contributed by atoms with Gasteiger partial charge in [0.2, 0.25) is 0 Å². The maximum atomic E-state index is 8.58. The molecular formula is C10H14OS3. The van der Waals surface area contributed by atoms with Crippen molar-refractivity contribution >= 4 is 31.4 Å². The van der Waals surface area contributed by atoms with Crippen LogP contribution < -0.4 is 0 Å². The molecule has 1 aromatic rings. The Morgan fingerprint density at radius 3 is 2.71 bits per heavy atom. The third-order valence-corrected chi connectivity index (χ3v) is 5.88. The molecule has 0 heterocycles. The predicted octanol–water partition coefficient (Wildman–Crippen LogP) is 3.52. The van der Waals surface area contributed by atoms with Crippen molar-refractivity contribution in [3.05, 3.63) is 35.4 Å². The Labute approximate surface area is 96.9 Å². The van der Waals surface area contributed by atoms with E-state index >= 15 is 0 Å². The first-order chi connectivity index (χ1) is 6.84. The van der Waals surface area contributed by atoms with Gasteiger partial charge in [-0.25, -0.2) is 0 Å². The molecule has 1 aromatic carbocycles. The fourth-order valence-corrected chi connectivity index (χ4v) is 4.49. The van der Waals surface area contributed by atoms with E-state index in [9.17, 15) is 0 Å². The summed E-state index contributed by atoms with van der Waals surface area (Å²) in [5, 5.41) is 8.58. The van der Waals surface area contributed by atoms with Gasteiger partial charge >= 0.3 is 0 Å². The molecule has 0 spiro atoms. The molecular weight excluding hydrogens is 232 g/mol. The van der Waals surface area contributed by atoms with Gasteiger partial charge in [-0.3, -0.25) is 0 Å². The number of aliphatic hydroxyl groups is 1. The fourth-order valence-electron chi connectivity index (χ4n) is 0.965. The maximum absolute atomic E-state index is 8.58. The largest absolute Gasteiger partial charge is 0.395 e. The van der Waals surface area contributed by atoms with E-state index in [0.29, 0.717) is 0 Å². The second-order valence-electron chi connectivity index (χ2n) is 2.80. The normalized spacial score (nSPS) is 10.4. The van der Waals surface area contributed by atoms with Gasteiger partial charge in [-0.2, -0.15) is 0 Å². The van der Waals surface area contributed by atoms with Crippen LogP contribution in [-0.4, -0.2) is 17.5 Å². The van der Waals surface area contributed by atoms with Crippen molar-refractivity contribution in [1.82, 2.24) is 0 Å². The van der Waals surface area contributed by atoms with Crippen LogP contribution >= 0.6 is 31.4 Å². The molecule has 0 radical (unpaired) electrons. The van der Waals surface area contributed by atoms with Crippen molar-refractivity contribution in [2.45, 2.75) is 12.7 Å². The van der Waals surface area contributed by atoms with E-state index in [1.807, 2.05) is 10.8 Å². The molecule has 1 N–H and O–H groups in total. The highest BCUT2D eigenvalue weighted by Crippen LogP contribution is 2.36. The molecule has 0 bridgehead atoms. The third-order valence-electron chi connectivity index (χ3n) is 1.75. The summed E-state index contributed by atoms with van der Waals surface area (Å²) < 4.78 is 0. The van der Waals surface area contributed by atoms with Crippen LogP contribution in [0.15, 0.2) is 24.3 Å². The number of rotatable bonds is 6. The van der Waals surface area contributed by atoms with Crippen LogP contribution in [0.5, 0.6) is 0 Å². The molecule has 0 amide bonds. The number of hydrogen-bond donors (Lipinski definition) is 1. The van der Waals surface area contributed by atoms with E-state index in [1.165, 1.54) is 11.1 Å². The highest BCUT2D eigenvalue weighted by Gasteiger charge is 1.97. The van der Waals surface area contributed by atoms with Crippen LogP contribution in [0.3, 0.4) is 0 Å². The molecule has 0 aliphatic heterocycles. The Balaban J connectivity index is 2.21. The van der Waals surface area contributed by atoms with Gasteiger partial charge < -0.3 is 5.11 Å². The fraction of sp³-hybridized carbons (Fsp3) is 0.400. The van der Waals surface area contributed by atoms with E-state index in [1.54, 1.807) is 20.6 Å². The number of benzene rings is 1. The Hall–Kier alpha value is 0.230. The topological polar surface area (TPSA) is 20.2 Å². The summed E-state index contributed by atoms with van der Waals surface area (Å²) in [5.41, 5.74) is 2.75. The zero-order chi connectivity index (χ0) is 10.2. The third kappa shape index (κ3) is 4.64. The molecule has 0 atom stereocenters. The first kappa shape index (κ1) is 12.3. The van der Waals surface area contributed by atoms with Crippen LogP contribution in [-0.2, 0) is 5.75 Å². The summed E-state index contributed by atoms with van der Waals surface area (Å²) in [6.07, 6.45) is 0. The first-order valence-corrected chi connectivity index (χ1v) is 8.23. The minimum absolute atomic E-state index is 0.266. The molecule has 0 aliphatic rings. The van der Waals surface area contributed by atoms with Gasteiger partial charge in [0.1, 0.15) is 0 Å². The Morgan fingerprint density at radius 1 is 1.21 bits per heavy atom. The molecule has 0 unspecified atom stereocenters. The number of hydrogen-bond acceptors (Lipinski definition) is 4. The van der Waals surface area contributed by atoms with Gasteiger partial charge in [0.25, 0.3) is 0 Å². The van der Waals surface area contributed by atoms with E-state index in [-0.39, 0.29) is 6.61 Å². The predicted molar refractivity (Wildman–Crippen MR) is 69.6 cm³/mol. The van der Waals surface area contributed by atoms with E-state index in [4.69, 9.17) is 5.11 Å². The molecule has 0 aromatic heterocycles. The van der Waals surface area contributed by atoms with Crippen molar-refractivity contribution in [3.8, 4) is 0 Å². The zero-order valence-corrected chi connectivity index (χ0v) is 10.6. The SMILES string of the molecule is Cc1ccccc1CSSSCCO. The standard InChI is InChI=1S/C10H14OS3/c1-9-4-2-3-5-10(9)8-13-14-12-7-6-11/h2-5,11H,6-8H2,1H3. The summed E-state index contributed by atoms with van der Waals surface area (Å²) >= 11 is 0. The highest BCUT2D eigenvalue weighted by molar-refractivity contribution is 9.09. The smallest absolute Gasteiger partial charge is 0.0530 e. The van der Waals surface area contributed by atoms with Crippen molar-refractivity contribution in [2.24, 2.45) is 0 Å². The molecule has 4 heteroatoms. The van der Waals surface area contributed by atoms with Crippen molar-refractivity contribution < 1.29 is 5.11 Å². The van der Waals surface area contributed by atoms with Crippen molar-refractivity contribution in [1.29, 1.82) is 0 Å². The maximum Gasteiger partial charge on any atom is 0.0530 e. The quantitative estimate of drug-likeness (QED) is 0.612. The Kier molecular flexibility index (Phi) is 6.60. The van der Waals surface area contributed by atoms with Crippen molar-refractivity contribution in [3.63, 3.8) is 0 Å². The number of aryl methyl sites for hydroxylation is 1. The van der Waals surface area contributed by atoms with Crippen LogP contribution in [0.25, 0.3) is 0 Å². The lowest BCUT2D eigenvalue weighted by atomic mass is 10.1. The minimum atomic E-state index is 0.266. The zero-order valence-electron chi connectivity index (χ0n) is 8.10. The van der Waals surface area contributed by atoms with Crippen LogP contribution in [0.1, 0.15) is 11.1 Å². The van der Waals surface area contributed by atoms with E-state index in [2.05, 4.69) is 31.2 Å². The molecule has 0 saturated heterocycles. The highest BCUT2D eigenvalue weighted by atomic mass is 33.5. The Morgan fingerprint density at radius 2 is 2.00 bits per heavy atom. The molecule has 0 fully saturated rings. The summed E-state index contributed by atoms with van der Waals surface area (Å²) in [7, 11) is 5.29. The van der Waals surface area contributed by atoms with Gasteiger partial charge in [0, 0.05) is 11.5 Å². The van der Waals surface area contributed by atoms with Crippen LogP contribution in [0.4, 0.5) is 0 Å². The summed E-state index contributed by atoms with van der Waals surface area (Å²) in [5.74, 6) is 1.85. The Bertz CT molecular complexity index is 265. The van der Waals surface area contributed by atoms with Gasteiger partial charge in [0.05, 0.1) is 6.61 Å². The lowest BCUT2D eigenvalue weighted by molar-refractivity contribution is 0.323. The average molecular weight is 246 g/mol. The van der Waals surface area contributed by atoms with Gasteiger partial charge in [-0.15, -0.1) is 0 Å². The van der Waals surface area contributed by atoms with Gasteiger partial charge in [0.15, 0.2) is 0 Å². The van der Waals surface area contributed by atoms with Crippen LogP contribution in [0.2, 0.25) is 0 Å². The summed E-state index contributed by atoms with van der Waals surface area (Å²) in [4.78, 5) is 0. The second kappa shape index (κ2) is 7.51. The second-order valence-corrected chi connectivity index (χ2v) is 7.15. The molecule has 14 heavy (non-hydrogen) atoms. The lowest BCUT2D eigenvalue weighted by Gasteiger charge is -2.03. The summed E-state index contributed by atoms with van der Waals surface area (Å²) in [6, 6.07) is 8.45. The molecule has 0 saturated carbocycles. The first-order valence-electron chi connectivity index (χ1n) is 4.41. The molecule has 1 rings (SSSR count). The molecule has 78 valence electrons. The molecule has 1 nitrogen and oxygen atoms in total. The van der Waals surface area contributed by atoms with Crippen LogP contribution in [0, 0.1) is 6.92 Å². The van der Waals surface area contributed by atoms with E-state index in [0.717, 1.165) is 11.5 Å². The van der Waals surface area contributed by atoms with Gasteiger partial charge in [-0.1, -0.05) is 45.9 Å². The van der Waals surface area contributed by atoms with E-state index < -0.39 is 0 Å². The van der Waals surface area contributed by atoms with Crippen molar-refractivity contribution in [2.75, 3.05) is 12.4 Å². The molecule has 0 aliphatic carbocycles. The average Bonchev–Trinajstić information content (AvgIpc) is 2.20. The van der Waals surface area contributed by atoms with Gasteiger partial charge in [-0.05, 0) is 27.9 Å². The number of aliphatic hydroxyl groups excluding tert-OH is 1. The summed E-state index contributed by atoms with van der Waals surface area (Å²) in [6.45, 7) is 2.41.